The smallest absolute Gasteiger partial charge is 0.137 e. The van der Waals surface area contributed by atoms with Gasteiger partial charge in [-0.05, 0) is 74.7 Å². The number of benzene rings is 2. The lowest BCUT2D eigenvalue weighted by atomic mass is 9.98. The molecular weight excluding hydrogens is 397 g/mol. The maximum absolute atomic E-state index is 13.8. The highest BCUT2D eigenvalue weighted by Crippen LogP contribution is 2.20. The minimum Gasteiger partial charge on any atom is -0.493 e. The summed E-state index contributed by atoms with van der Waals surface area (Å²) in [7, 11) is 0. The fourth-order valence-corrected chi connectivity index (χ4v) is 3.60. The molecule has 0 aliphatic carbocycles. The molecule has 6 N–H and O–H groups in total. The van der Waals surface area contributed by atoms with E-state index in [-0.39, 0.29) is 17.2 Å². The molecule has 3 rings (SSSR count). The number of rotatable bonds is 10. The maximum Gasteiger partial charge on any atom is 0.137 e. The van der Waals surface area contributed by atoms with Gasteiger partial charge in [-0.25, -0.2) is 4.39 Å². The summed E-state index contributed by atoms with van der Waals surface area (Å²) in [4.78, 5) is 2.42. The van der Waals surface area contributed by atoms with Gasteiger partial charge in [0.25, 0.3) is 0 Å². The lowest BCUT2D eigenvalue weighted by Gasteiger charge is -2.31. The average molecular weight is 428 g/mol. The standard InChI is InChI=1S/C23H30FN5O2/c24-21-14-19(6-7-20(21)23(27)28)30-13-1-10-29-11-8-16(9-12-29)15-31-18-4-2-17(3-5-18)22(25)26/h2-7,14,16H,1,8-13,15H2,(H3,25,26)(H3,27,28). The minimum atomic E-state index is -0.538. The van der Waals surface area contributed by atoms with Crippen molar-refractivity contribution in [3.05, 3.63) is 59.4 Å². The molecule has 0 spiro atoms. The van der Waals surface area contributed by atoms with Gasteiger partial charge < -0.3 is 25.8 Å². The van der Waals surface area contributed by atoms with Crippen molar-refractivity contribution in [2.45, 2.75) is 19.3 Å². The number of likely N-dealkylation sites (tertiary alicyclic amines) is 1. The molecule has 0 radical (unpaired) electrons. The molecule has 2 aromatic carbocycles. The van der Waals surface area contributed by atoms with Gasteiger partial charge in [0.2, 0.25) is 0 Å². The Kier molecular flexibility index (Phi) is 7.83. The largest absolute Gasteiger partial charge is 0.493 e. The highest BCUT2D eigenvalue weighted by molar-refractivity contribution is 5.95. The van der Waals surface area contributed by atoms with Crippen LogP contribution in [0.4, 0.5) is 4.39 Å². The fraction of sp³-hybridized carbons (Fsp3) is 0.391. The number of nitrogen functional groups attached to an aromatic ring is 2. The van der Waals surface area contributed by atoms with Crippen LogP contribution in [0.15, 0.2) is 42.5 Å². The Bertz CT molecular complexity index is 895. The summed E-state index contributed by atoms with van der Waals surface area (Å²) in [6, 6.07) is 11.7. The zero-order valence-electron chi connectivity index (χ0n) is 17.6. The Balaban J connectivity index is 1.31. The van der Waals surface area contributed by atoms with Crippen molar-refractivity contribution in [3.63, 3.8) is 0 Å². The Hall–Kier alpha value is -3.13. The summed E-state index contributed by atoms with van der Waals surface area (Å²) in [5, 5.41) is 14.7. The van der Waals surface area contributed by atoms with Gasteiger partial charge >= 0.3 is 0 Å². The third kappa shape index (κ3) is 6.68. The molecule has 1 heterocycles. The van der Waals surface area contributed by atoms with Gasteiger partial charge in [0, 0.05) is 18.2 Å². The number of halogens is 1. The van der Waals surface area contributed by atoms with Gasteiger partial charge in [-0.1, -0.05) is 0 Å². The van der Waals surface area contributed by atoms with Gasteiger partial charge in [-0.3, -0.25) is 10.8 Å². The second-order valence-electron chi connectivity index (χ2n) is 7.79. The van der Waals surface area contributed by atoms with Crippen LogP contribution >= 0.6 is 0 Å². The molecule has 2 aromatic rings. The topological polar surface area (TPSA) is 121 Å². The Morgan fingerprint density at radius 1 is 0.968 bits per heavy atom. The summed E-state index contributed by atoms with van der Waals surface area (Å²) in [6.07, 6.45) is 3.04. The molecule has 166 valence electrons. The molecule has 1 aliphatic rings. The van der Waals surface area contributed by atoms with Crippen LogP contribution < -0.4 is 20.9 Å². The van der Waals surface area contributed by atoms with Crippen molar-refractivity contribution < 1.29 is 13.9 Å². The summed E-state index contributed by atoms with van der Waals surface area (Å²) < 4.78 is 25.3. The number of amidine groups is 2. The van der Waals surface area contributed by atoms with E-state index >= 15 is 0 Å². The lowest BCUT2D eigenvalue weighted by Crippen LogP contribution is -2.36. The van der Waals surface area contributed by atoms with Gasteiger partial charge in [0.1, 0.15) is 29.0 Å². The quantitative estimate of drug-likeness (QED) is 0.264. The summed E-state index contributed by atoms with van der Waals surface area (Å²) in [6.45, 7) is 4.20. The molecule has 0 atom stereocenters. The van der Waals surface area contributed by atoms with Crippen LogP contribution in [0.1, 0.15) is 30.4 Å². The number of nitrogens with one attached hydrogen (secondary N) is 2. The van der Waals surface area contributed by atoms with E-state index in [1.807, 2.05) is 12.1 Å². The van der Waals surface area contributed by atoms with Gasteiger partial charge in [-0.15, -0.1) is 0 Å². The minimum absolute atomic E-state index is 0.0578. The van der Waals surface area contributed by atoms with E-state index in [1.165, 1.54) is 12.1 Å². The molecular formula is C23H30FN5O2. The summed E-state index contributed by atoms with van der Waals surface area (Å²) in [5.41, 5.74) is 11.6. The van der Waals surface area contributed by atoms with E-state index in [2.05, 4.69) is 4.90 Å². The van der Waals surface area contributed by atoms with Crippen molar-refractivity contribution in [3.8, 4) is 11.5 Å². The summed E-state index contributed by atoms with van der Waals surface area (Å²) in [5.74, 6) is 1.02. The van der Waals surface area contributed by atoms with Crippen molar-refractivity contribution in [1.29, 1.82) is 10.8 Å². The molecule has 7 nitrogen and oxygen atoms in total. The molecule has 1 fully saturated rings. The second-order valence-corrected chi connectivity index (χ2v) is 7.79. The van der Waals surface area contributed by atoms with Gasteiger partial charge in [-0.2, -0.15) is 0 Å². The zero-order valence-corrected chi connectivity index (χ0v) is 17.6. The van der Waals surface area contributed by atoms with Crippen molar-refractivity contribution >= 4 is 11.7 Å². The van der Waals surface area contributed by atoms with Crippen LogP contribution in [0, 0.1) is 22.6 Å². The van der Waals surface area contributed by atoms with Crippen LogP contribution in [0.3, 0.4) is 0 Å². The van der Waals surface area contributed by atoms with Gasteiger partial charge in [0.15, 0.2) is 0 Å². The van der Waals surface area contributed by atoms with Crippen molar-refractivity contribution in [1.82, 2.24) is 4.90 Å². The highest BCUT2D eigenvalue weighted by atomic mass is 19.1. The third-order valence-electron chi connectivity index (χ3n) is 5.48. The van der Waals surface area contributed by atoms with E-state index in [9.17, 15) is 4.39 Å². The normalized spacial score (nSPS) is 14.9. The Morgan fingerprint density at radius 3 is 2.26 bits per heavy atom. The number of hydrogen-bond acceptors (Lipinski definition) is 5. The fourth-order valence-electron chi connectivity index (χ4n) is 3.60. The number of ether oxygens (including phenoxy) is 2. The van der Waals surface area contributed by atoms with E-state index < -0.39 is 5.82 Å². The predicted molar refractivity (Wildman–Crippen MR) is 120 cm³/mol. The zero-order chi connectivity index (χ0) is 22.2. The van der Waals surface area contributed by atoms with Crippen molar-refractivity contribution in [2.24, 2.45) is 17.4 Å². The monoisotopic (exact) mass is 427 g/mol. The first-order valence-corrected chi connectivity index (χ1v) is 10.5. The number of nitrogens with zero attached hydrogens (tertiary/aromatic N) is 1. The van der Waals surface area contributed by atoms with E-state index in [0.717, 1.165) is 44.6 Å². The maximum atomic E-state index is 13.8. The highest BCUT2D eigenvalue weighted by Gasteiger charge is 2.19. The lowest BCUT2D eigenvalue weighted by molar-refractivity contribution is 0.135. The average Bonchev–Trinajstić information content (AvgIpc) is 2.76. The molecule has 0 bridgehead atoms. The van der Waals surface area contributed by atoms with Crippen LogP contribution in [0.2, 0.25) is 0 Å². The molecule has 31 heavy (non-hydrogen) atoms. The Labute approximate surface area is 182 Å². The molecule has 8 heteroatoms. The van der Waals surface area contributed by atoms with Crippen LogP contribution in [-0.4, -0.2) is 49.4 Å². The molecule has 0 amide bonds. The van der Waals surface area contributed by atoms with E-state index in [1.54, 1.807) is 18.2 Å². The van der Waals surface area contributed by atoms with Crippen LogP contribution in [-0.2, 0) is 0 Å². The summed E-state index contributed by atoms with van der Waals surface area (Å²) >= 11 is 0. The van der Waals surface area contributed by atoms with Gasteiger partial charge in [0.05, 0.1) is 18.8 Å². The van der Waals surface area contributed by atoms with E-state index in [4.69, 9.17) is 31.8 Å². The number of piperidine rings is 1. The predicted octanol–water partition coefficient (Wildman–Crippen LogP) is 2.95. The molecule has 1 aliphatic heterocycles. The first kappa shape index (κ1) is 22.6. The molecule has 0 saturated carbocycles. The first-order valence-electron chi connectivity index (χ1n) is 10.5. The number of nitrogens with two attached hydrogens (primary N) is 2. The molecule has 0 aromatic heterocycles. The second kappa shape index (κ2) is 10.8. The first-order chi connectivity index (χ1) is 14.9. The third-order valence-corrected chi connectivity index (χ3v) is 5.48. The molecule has 0 unspecified atom stereocenters. The van der Waals surface area contributed by atoms with Crippen molar-refractivity contribution in [2.75, 3.05) is 32.8 Å². The van der Waals surface area contributed by atoms with Crippen LogP contribution in [0.25, 0.3) is 0 Å². The van der Waals surface area contributed by atoms with E-state index in [0.29, 0.717) is 30.4 Å². The number of hydrogen-bond donors (Lipinski definition) is 4. The molecule has 1 saturated heterocycles. The Morgan fingerprint density at radius 2 is 1.65 bits per heavy atom. The van der Waals surface area contributed by atoms with Crippen LogP contribution in [0.5, 0.6) is 11.5 Å². The SMILES string of the molecule is N=C(N)c1ccc(OCC2CCN(CCCOc3ccc(C(=N)N)c(F)c3)CC2)cc1.